The van der Waals surface area contributed by atoms with Crippen LogP contribution in [0, 0.1) is 5.41 Å². The zero-order valence-corrected chi connectivity index (χ0v) is 17.5. The molecule has 2 aliphatic heterocycles. The number of methoxy groups -OCH3 is 1. The van der Waals surface area contributed by atoms with Gasteiger partial charge in [-0.15, -0.1) is 0 Å². The first kappa shape index (κ1) is 21.3. The number of esters is 1. The summed E-state index contributed by atoms with van der Waals surface area (Å²) in [5.74, 6) is -0.293. The number of hydrogen-bond acceptors (Lipinski definition) is 6. The molecule has 2 saturated heterocycles. The van der Waals surface area contributed by atoms with Gasteiger partial charge in [-0.25, -0.2) is 0 Å². The van der Waals surface area contributed by atoms with Crippen LogP contribution in [0.4, 0.5) is 0 Å². The molecule has 30 heavy (non-hydrogen) atoms. The molecule has 0 aromatic heterocycles. The Morgan fingerprint density at radius 3 is 2.53 bits per heavy atom. The maximum atomic E-state index is 12.8. The Balaban J connectivity index is 1.28. The molecule has 164 valence electrons. The summed E-state index contributed by atoms with van der Waals surface area (Å²) in [7, 11) is 1.40. The van der Waals surface area contributed by atoms with Crippen LogP contribution in [0.3, 0.4) is 0 Å². The van der Waals surface area contributed by atoms with E-state index in [0.717, 1.165) is 31.2 Å². The largest absolute Gasteiger partial charge is 0.469 e. The summed E-state index contributed by atoms with van der Waals surface area (Å²) in [5.41, 5.74) is 0.824. The van der Waals surface area contributed by atoms with Gasteiger partial charge in [0.05, 0.1) is 39.4 Å². The minimum absolute atomic E-state index is 0.0488. The van der Waals surface area contributed by atoms with Crippen molar-refractivity contribution in [1.29, 1.82) is 0 Å². The molecule has 1 N–H and O–H groups in total. The van der Waals surface area contributed by atoms with Gasteiger partial charge < -0.3 is 24.3 Å². The summed E-state index contributed by atoms with van der Waals surface area (Å²) < 4.78 is 22.7. The van der Waals surface area contributed by atoms with E-state index >= 15 is 0 Å². The summed E-state index contributed by atoms with van der Waals surface area (Å²) >= 11 is 0. The third-order valence-corrected chi connectivity index (χ3v) is 6.61. The molecule has 7 nitrogen and oxygen atoms in total. The average molecular weight is 418 g/mol. The van der Waals surface area contributed by atoms with Crippen molar-refractivity contribution in [2.45, 2.75) is 69.5 Å². The maximum absolute atomic E-state index is 12.8. The van der Waals surface area contributed by atoms with Crippen molar-refractivity contribution in [2.75, 3.05) is 20.3 Å². The van der Waals surface area contributed by atoms with Gasteiger partial charge >= 0.3 is 5.97 Å². The monoisotopic (exact) mass is 417 g/mol. The number of amides is 1. The number of benzene rings is 1. The number of carbonyl (C=O) groups is 2. The highest BCUT2D eigenvalue weighted by molar-refractivity contribution is 5.79. The Morgan fingerprint density at radius 1 is 1.07 bits per heavy atom. The van der Waals surface area contributed by atoms with Crippen LogP contribution in [0.25, 0.3) is 0 Å². The predicted molar refractivity (Wildman–Crippen MR) is 109 cm³/mol. The van der Waals surface area contributed by atoms with E-state index in [-0.39, 0.29) is 41.6 Å². The maximum Gasteiger partial charge on any atom is 0.306 e. The number of fused-ring (bicyclic) bond motifs is 1. The van der Waals surface area contributed by atoms with Gasteiger partial charge in [0.25, 0.3) is 0 Å². The van der Waals surface area contributed by atoms with E-state index in [2.05, 4.69) is 5.32 Å². The third-order valence-electron chi connectivity index (χ3n) is 6.61. The molecule has 1 aliphatic carbocycles. The van der Waals surface area contributed by atoms with Crippen molar-refractivity contribution >= 4 is 11.9 Å². The van der Waals surface area contributed by atoms with Crippen molar-refractivity contribution in [3.05, 3.63) is 35.9 Å². The number of carbonyl (C=O) groups excluding carboxylic acids is 2. The van der Waals surface area contributed by atoms with Crippen LogP contribution in [-0.2, 0) is 35.1 Å². The molecule has 4 rings (SSSR count). The Hall–Kier alpha value is -1.96. The Morgan fingerprint density at radius 2 is 1.80 bits per heavy atom. The van der Waals surface area contributed by atoms with E-state index in [1.54, 1.807) is 0 Å². The molecular formula is C23H31NO6. The molecule has 0 radical (unpaired) electrons. The Labute approximate surface area is 177 Å². The summed E-state index contributed by atoms with van der Waals surface area (Å²) in [5, 5.41) is 3.09. The molecule has 4 atom stereocenters. The van der Waals surface area contributed by atoms with Crippen molar-refractivity contribution in [3.8, 4) is 0 Å². The second kappa shape index (κ2) is 9.45. The van der Waals surface area contributed by atoms with Gasteiger partial charge in [-0.05, 0) is 23.8 Å². The van der Waals surface area contributed by atoms with Gasteiger partial charge in [-0.2, -0.15) is 0 Å². The number of hydrogen-bond donors (Lipinski definition) is 1. The van der Waals surface area contributed by atoms with Gasteiger partial charge in [0, 0.05) is 6.42 Å². The minimum atomic E-state index is -0.284. The molecule has 1 saturated carbocycles. The van der Waals surface area contributed by atoms with Gasteiger partial charge in [0.2, 0.25) is 5.91 Å². The highest BCUT2D eigenvalue weighted by Gasteiger charge is 2.49. The molecule has 3 fully saturated rings. The summed E-state index contributed by atoms with van der Waals surface area (Å²) in [4.78, 5) is 24.6. The third kappa shape index (κ3) is 4.85. The number of ether oxygens (including phenoxy) is 4. The standard InChI is InChI=1S/C23H31NO6/c1-27-20(26)12-23(9-5-6-10-23)11-19(25)24-17-14-29-22-18(15-30-21(17)22)28-13-16-7-3-2-4-8-16/h2-4,7-8,17-18,21-22H,5-6,9-15H2,1H3,(H,24,25)/t17-,18-,21-,22+/m1/s1. The first-order valence-electron chi connectivity index (χ1n) is 10.8. The SMILES string of the molecule is COC(=O)CC1(CC(=O)N[C@@H]2CO[C@@H]3[C@@H]2OC[C@H]3OCc2ccccc2)CCCC1. The number of rotatable bonds is 8. The lowest BCUT2D eigenvalue weighted by molar-refractivity contribution is -0.144. The molecule has 0 unspecified atom stereocenters. The zero-order chi connectivity index (χ0) is 21.0. The van der Waals surface area contributed by atoms with Gasteiger partial charge in [0.1, 0.15) is 18.3 Å². The lowest BCUT2D eigenvalue weighted by Gasteiger charge is -2.28. The highest BCUT2D eigenvalue weighted by atomic mass is 16.6. The average Bonchev–Trinajstić information content (AvgIpc) is 3.46. The van der Waals surface area contributed by atoms with Crippen LogP contribution in [-0.4, -0.2) is 56.6 Å². The zero-order valence-electron chi connectivity index (χ0n) is 17.5. The van der Waals surface area contributed by atoms with Crippen LogP contribution in [0.2, 0.25) is 0 Å². The van der Waals surface area contributed by atoms with Crippen LogP contribution in [0.1, 0.15) is 44.1 Å². The summed E-state index contributed by atoms with van der Waals surface area (Å²) in [6, 6.07) is 9.82. The fourth-order valence-corrected chi connectivity index (χ4v) is 5.03. The van der Waals surface area contributed by atoms with Crippen molar-refractivity contribution in [3.63, 3.8) is 0 Å². The molecule has 2 heterocycles. The lowest BCUT2D eigenvalue weighted by Crippen LogP contribution is -2.45. The van der Waals surface area contributed by atoms with Crippen LogP contribution in [0.5, 0.6) is 0 Å². The molecule has 1 aromatic carbocycles. The molecular weight excluding hydrogens is 386 g/mol. The smallest absolute Gasteiger partial charge is 0.306 e. The Bertz CT molecular complexity index is 732. The highest BCUT2D eigenvalue weighted by Crippen LogP contribution is 2.44. The van der Waals surface area contributed by atoms with Gasteiger partial charge in [-0.1, -0.05) is 43.2 Å². The molecule has 1 aromatic rings. The topological polar surface area (TPSA) is 83.1 Å². The fraction of sp³-hybridized carbons (Fsp3) is 0.652. The normalized spacial score (nSPS) is 29.5. The van der Waals surface area contributed by atoms with E-state index in [4.69, 9.17) is 18.9 Å². The lowest BCUT2D eigenvalue weighted by atomic mass is 9.79. The van der Waals surface area contributed by atoms with E-state index in [1.165, 1.54) is 7.11 Å². The molecule has 7 heteroatoms. The van der Waals surface area contributed by atoms with E-state index in [0.29, 0.717) is 32.7 Å². The molecule has 3 aliphatic rings. The van der Waals surface area contributed by atoms with Gasteiger partial charge in [-0.3, -0.25) is 9.59 Å². The predicted octanol–water partition coefficient (Wildman–Crippen LogP) is 2.37. The second-order valence-corrected chi connectivity index (χ2v) is 8.74. The van der Waals surface area contributed by atoms with E-state index in [1.807, 2.05) is 30.3 Å². The van der Waals surface area contributed by atoms with Crippen LogP contribution in [0.15, 0.2) is 30.3 Å². The second-order valence-electron chi connectivity index (χ2n) is 8.74. The first-order valence-corrected chi connectivity index (χ1v) is 10.8. The minimum Gasteiger partial charge on any atom is -0.469 e. The molecule has 0 spiro atoms. The van der Waals surface area contributed by atoms with E-state index in [9.17, 15) is 9.59 Å². The van der Waals surface area contributed by atoms with Crippen molar-refractivity contribution in [1.82, 2.24) is 5.32 Å². The van der Waals surface area contributed by atoms with Crippen LogP contribution < -0.4 is 5.32 Å². The molecule has 0 bridgehead atoms. The molecule has 1 amide bonds. The number of nitrogens with one attached hydrogen (secondary N) is 1. The fourth-order valence-electron chi connectivity index (χ4n) is 5.03. The Kier molecular flexibility index (Phi) is 6.71. The quantitative estimate of drug-likeness (QED) is 0.654. The van der Waals surface area contributed by atoms with Crippen molar-refractivity contribution < 1.29 is 28.5 Å². The van der Waals surface area contributed by atoms with E-state index < -0.39 is 0 Å². The van der Waals surface area contributed by atoms with Gasteiger partial charge in [0.15, 0.2) is 0 Å². The summed E-state index contributed by atoms with van der Waals surface area (Å²) in [6.07, 6.45) is 3.99. The van der Waals surface area contributed by atoms with Crippen molar-refractivity contribution in [2.24, 2.45) is 5.41 Å². The summed E-state index contributed by atoms with van der Waals surface area (Å²) in [6.45, 7) is 1.38. The van der Waals surface area contributed by atoms with Crippen LogP contribution >= 0.6 is 0 Å². The first-order chi connectivity index (χ1) is 14.6.